The SMILES string of the molecule is CC(C)c1ccccc1N(c1cc2c3c(c1)N(c1ccccc1)c1cc4c(cc1B3c1ccccc1O2)B1c2ccccc2Oc2cc(N(c3ccccc3C(C)C)c3ccccc3C(C)C)cc(c21)N4c1ccccc1)c1ccccc1C(C)C. The molecule has 8 heteroatoms. The van der Waals surface area contributed by atoms with Crippen LogP contribution in [0.25, 0.3) is 0 Å². The standard InChI is InChI=1S/C78H68B2N4O2/c1-49(2)57-31-15-21-37-65(57)83(66-38-22-16-32-58(66)50(3)4)55-43-71-77-75(45-55)85-73-41-25-19-35-61(73)79(77)63-47-64-70(48-69(63)81(71)53-27-11-9-12-28-53)82(54-29-13-10-14-30-54)72-44-56(46-76-78(72)80(64)62-36-20-26-42-74(62)86-76)84(67-39-23-17-33-59(67)51(5)6)68-40-24-18-34-60(68)52(7)8/h9-52H,1-8H3. The van der Waals surface area contributed by atoms with Crippen LogP contribution >= 0.6 is 0 Å². The van der Waals surface area contributed by atoms with Crippen molar-refractivity contribution in [1.82, 2.24) is 0 Å². The molecular weight excluding hydrogens is 1050 g/mol. The van der Waals surface area contributed by atoms with Crippen molar-refractivity contribution in [3.8, 4) is 23.0 Å². The lowest BCUT2D eigenvalue weighted by molar-refractivity contribution is 0.487. The molecule has 0 bridgehead atoms. The largest absolute Gasteiger partial charge is 0.458 e. The van der Waals surface area contributed by atoms with Crippen molar-refractivity contribution < 1.29 is 9.47 Å². The van der Waals surface area contributed by atoms with Gasteiger partial charge in [-0.1, -0.05) is 207 Å². The van der Waals surface area contributed by atoms with Gasteiger partial charge in [0, 0.05) is 69.0 Å². The lowest BCUT2D eigenvalue weighted by atomic mass is 9.31. The van der Waals surface area contributed by atoms with Gasteiger partial charge in [0.1, 0.15) is 23.0 Å². The van der Waals surface area contributed by atoms with E-state index in [0.29, 0.717) is 0 Å². The zero-order valence-electron chi connectivity index (χ0n) is 50.2. The number of rotatable bonds is 12. The molecule has 0 fully saturated rings. The van der Waals surface area contributed by atoms with Crippen LogP contribution in [-0.4, -0.2) is 13.4 Å². The molecule has 0 amide bonds. The van der Waals surface area contributed by atoms with Gasteiger partial charge in [0.2, 0.25) is 0 Å². The first-order valence-corrected chi connectivity index (χ1v) is 30.8. The van der Waals surface area contributed by atoms with Crippen LogP contribution in [0, 0.1) is 0 Å². The molecule has 0 aliphatic carbocycles. The van der Waals surface area contributed by atoms with Gasteiger partial charge >= 0.3 is 0 Å². The van der Waals surface area contributed by atoms with Gasteiger partial charge in [-0.05, 0) is 158 Å². The van der Waals surface area contributed by atoms with Crippen LogP contribution in [0.15, 0.2) is 243 Å². The Balaban J connectivity index is 1.03. The average molecular weight is 1120 g/mol. The van der Waals surface area contributed by atoms with Crippen molar-refractivity contribution in [2.45, 2.75) is 79.1 Å². The zero-order valence-corrected chi connectivity index (χ0v) is 50.2. The Kier molecular flexibility index (Phi) is 13.1. The maximum absolute atomic E-state index is 7.34. The summed E-state index contributed by atoms with van der Waals surface area (Å²) >= 11 is 0. The summed E-state index contributed by atoms with van der Waals surface area (Å²) in [5, 5.41) is 0. The number of hydrogen-bond donors (Lipinski definition) is 0. The molecule has 86 heavy (non-hydrogen) atoms. The maximum Gasteiger partial charge on any atom is 0.256 e. The van der Waals surface area contributed by atoms with Crippen molar-refractivity contribution in [2.24, 2.45) is 0 Å². The molecule has 0 radical (unpaired) electrons. The fourth-order valence-electron chi connectivity index (χ4n) is 14.4. The fraction of sp³-hybridized carbons (Fsp3) is 0.154. The second-order valence-electron chi connectivity index (χ2n) is 24.7. The zero-order chi connectivity index (χ0) is 58.5. The summed E-state index contributed by atoms with van der Waals surface area (Å²) in [4.78, 5) is 10.1. The Morgan fingerprint density at radius 3 is 0.953 bits per heavy atom. The van der Waals surface area contributed by atoms with Crippen LogP contribution in [-0.2, 0) is 0 Å². The van der Waals surface area contributed by atoms with Gasteiger partial charge in [-0.25, -0.2) is 0 Å². The number of para-hydroxylation sites is 8. The highest BCUT2D eigenvalue weighted by Crippen LogP contribution is 2.52. The summed E-state index contributed by atoms with van der Waals surface area (Å²) in [6.07, 6.45) is 0. The van der Waals surface area contributed by atoms with E-state index in [0.717, 1.165) is 113 Å². The Morgan fingerprint density at radius 2 is 0.605 bits per heavy atom. The van der Waals surface area contributed by atoms with Gasteiger partial charge in [0.15, 0.2) is 0 Å². The molecular formula is C78H68B2N4O2. The first-order valence-electron chi connectivity index (χ1n) is 30.8. The molecule has 15 rings (SSSR count). The molecule has 0 saturated carbocycles. The average Bonchev–Trinajstić information content (AvgIpc) is 0.709. The van der Waals surface area contributed by atoms with Crippen LogP contribution in [0.4, 0.5) is 68.2 Å². The molecule has 6 nitrogen and oxygen atoms in total. The summed E-state index contributed by atoms with van der Waals surface area (Å²) < 4.78 is 14.7. The molecule has 0 N–H and O–H groups in total. The number of hydrogen-bond acceptors (Lipinski definition) is 6. The lowest BCUT2D eigenvalue weighted by Gasteiger charge is -2.45. The quantitative estimate of drug-likeness (QED) is 0.113. The summed E-state index contributed by atoms with van der Waals surface area (Å²) in [6.45, 7) is 18.1. The normalized spacial score (nSPS) is 13.2. The van der Waals surface area contributed by atoms with Gasteiger partial charge in [-0.2, -0.15) is 0 Å². The Morgan fingerprint density at radius 1 is 0.291 bits per heavy atom. The van der Waals surface area contributed by atoms with E-state index in [-0.39, 0.29) is 37.1 Å². The number of nitrogens with zero attached hydrogens (tertiary/aromatic N) is 4. The van der Waals surface area contributed by atoms with Crippen LogP contribution in [0.3, 0.4) is 0 Å². The molecule has 11 aromatic carbocycles. The smallest absolute Gasteiger partial charge is 0.256 e. The molecule has 0 spiro atoms. The molecule has 0 aromatic heterocycles. The highest BCUT2D eigenvalue weighted by molar-refractivity contribution is 7.02. The fourth-order valence-corrected chi connectivity index (χ4v) is 14.4. The predicted octanol–water partition coefficient (Wildman–Crippen LogP) is 17.9. The summed E-state index contributed by atoms with van der Waals surface area (Å²) in [6, 6.07) is 89.7. The Labute approximate surface area is 507 Å². The summed E-state index contributed by atoms with van der Waals surface area (Å²) in [5.41, 5.74) is 25.3. The number of fused-ring (bicyclic) bond motifs is 8. The van der Waals surface area contributed by atoms with E-state index in [4.69, 9.17) is 9.47 Å². The van der Waals surface area contributed by atoms with E-state index in [1.165, 1.54) is 33.2 Å². The minimum atomic E-state index is -0.169. The number of ether oxygens (including phenoxy) is 2. The molecule has 418 valence electrons. The van der Waals surface area contributed by atoms with E-state index >= 15 is 0 Å². The van der Waals surface area contributed by atoms with E-state index in [1.807, 2.05) is 0 Å². The van der Waals surface area contributed by atoms with Crippen LogP contribution in [0.1, 0.15) is 101 Å². The third-order valence-corrected chi connectivity index (χ3v) is 18.2. The predicted molar refractivity (Wildman–Crippen MR) is 364 cm³/mol. The molecule has 0 unspecified atom stereocenters. The molecule has 0 saturated heterocycles. The van der Waals surface area contributed by atoms with Crippen LogP contribution in [0.5, 0.6) is 23.0 Å². The number of benzene rings is 11. The van der Waals surface area contributed by atoms with E-state index in [9.17, 15) is 0 Å². The Hall–Kier alpha value is -9.65. The van der Waals surface area contributed by atoms with Gasteiger partial charge in [0.25, 0.3) is 13.4 Å². The minimum absolute atomic E-state index is 0.169. The minimum Gasteiger partial charge on any atom is -0.458 e. The first kappa shape index (κ1) is 53.1. The third kappa shape index (κ3) is 8.55. The second kappa shape index (κ2) is 21.1. The van der Waals surface area contributed by atoms with Gasteiger partial charge in [-0.3, -0.25) is 0 Å². The molecule has 4 aliphatic rings. The van der Waals surface area contributed by atoms with Gasteiger partial charge < -0.3 is 29.1 Å². The highest BCUT2D eigenvalue weighted by atomic mass is 16.5. The van der Waals surface area contributed by atoms with Crippen molar-refractivity contribution in [2.75, 3.05) is 19.6 Å². The highest BCUT2D eigenvalue weighted by Gasteiger charge is 2.48. The third-order valence-electron chi connectivity index (χ3n) is 18.2. The topological polar surface area (TPSA) is 31.4 Å². The molecule has 0 atom stereocenters. The van der Waals surface area contributed by atoms with Crippen LogP contribution in [0.2, 0.25) is 0 Å². The van der Waals surface area contributed by atoms with Crippen molar-refractivity contribution in [1.29, 1.82) is 0 Å². The maximum atomic E-state index is 7.34. The molecule has 4 aliphatic heterocycles. The number of anilines is 12. The second-order valence-corrected chi connectivity index (χ2v) is 24.7. The molecule has 4 heterocycles. The Bertz CT molecular complexity index is 4060. The monoisotopic (exact) mass is 1110 g/mol. The van der Waals surface area contributed by atoms with Crippen LogP contribution < -0.4 is 61.9 Å². The van der Waals surface area contributed by atoms with Crippen molar-refractivity contribution in [3.05, 3.63) is 265 Å². The van der Waals surface area contributed by atoms with E-state index < -0.39 is 0 Å². The first-order chi connectivity index (χ1) is 42.0. The molecule has 11 aromatic rings. The van der Waals surface area contributed by atoms with E-state index in [1.54, 1.807) is 0 Å². The van der Waals surface area contributed by atoms with Crippen molar-refractivity contribution >= 4 is 114 Å². The summed E-state index contributed by atoms with van der Waals surface area (Å²) in [5.74, 6) is 4.51. The summed E-state index contributed by atoms with van der Waals surface area (Å²) in [7, 11) is 0. The van der Waals surface area contributed by atoms with Crippen molar-refractivity contribution in [3.63, 3.8) is 0 Å². The van der Waals surface area contributed by atoms with Gasteiger partial charge in [-0.15, -0.1) is 0 Å². The lowest BCUT2D eigenvalue weighted by Crippen LogP contribution is -2.63. The van der Waals surface area contributed by atoms with E-state index in [2.05, 4.69) is 318 Å². The van der Waals surface area contributed by atoms with Gasteiger partial charge in [0.05, 0.1) is 11.4 Å².